The van der Waals surface area contributed by atoms with Crippen LogP contribution >= 0.6 is 0 Å². The van der Waals surface area contributed by atoms with Gasteiger partial charge in [0.25, 0.3) is 0 Å². The second-order valence-corrected chi connectivity index (χ2v) is 6.72. The lowest BCUT2D eigenvalue weighted by Crippen LogP contribution is -2.45. The van der Waals surface area contributed by atoms with Gasteiger partial charge in [-0.15, -0.1) is 0 Å². The number of rotatable bonds is 7. The third-order valence-electron chi connectivity index (χ3n) is 3.03. The molecule has 0 aliphatic carbocycles. The zero-order valence-electron chi connectivity index (χ0n) is 12.1. The Morgan fingerprint density at radius 1 is 1.35 bits per heavy atom. The molecule has 1 aromatic rings. The van der Waals surface area contributed by atoms with Gasteiger partial charge in [0, 0.05) is 19.6 Å². The van der Waals surface area contributed by atoms with Crippen molar-refractivity contribution in [2.75, 3.05) is 24.4 Å². The number of nitrogens with two attached hydrogens (primary N) is 1. The normalized spacial score (nSPS) is 12.2. The Kier molecular flexibility index (Phi) is 5.91. The third-order valence-corrected chi connectivity index (χ3v) is 5.13. The van der Waals surface area contributed by atoms with E-state index in [1.165, 1.54) is 33.9 Å². The van der Waals surface area contributed by atoms with E-state index in [-0.39, 0.29) is 12.6 Å². The standard InChI is InChI=1S/C13H22FN3O2S/c1-11(2)16(3)20(18,19)17(9-5-8-15)13-7-4-6-12(14)10-13/h4,6-7,10-11H,5,8-9,15H2,1-3H3. The van der Waals surface area contributed by atoms with Gasteiger partial charge in [-0.2, -0.15) is 12.7 Å². The Morgan fingerprint density at radius 2 is 2.00 bits per heavy atom. The molecule has 0 atom stereocenters. The first-order chi connectivity index (χ1) is 9.30. The highest BCUT2D eigenvalue weighted by Crippen LogP contribution is 2.22. The Labute approximate surface area is 120 Å². The second kappa shape index (κ2) is 7.01. The SMILES string of the molecule is CC(C)N(C)S(=O)(=O)N(CCCN)c1cccc(F)c1. The molecule has 0 fully saturated rings. The molecule has 0 saturated heterocycles. The van der Waals surface area contributed by atoms with E-state index >= 15 is 0 Å². The summed E-state index contributed by atoms with van der Waals surface area (Å²) in [6, 6.07) is 5.37. The molecule has 0 saturated carbocycles. The summed E-state index contributed by atoms with van der Waals surface area (Å²) in [5.74, 6) is -0.470. The minimum absolute atomic E-state index is 0.186. The van der Waals surface area contributed by atoms with E-state index in [9.17, 15) is 12.8 Å². The van der Waals surface area contributed by atoms with Crippen LogP contribution in [0.3, 0.4) is 0 Å². The highest BCUT2D eigenvalue weighted by atomic mass is 32.2. The summed E-state index contributed by atoms with van der Waals surface area (Å²) in [5, 5.41) is 0. The van der Waals surface area contributed by atoms with Crippen molar-refractivity contribution in [1.29, 1.82) is 0 Å². The van der Waals surface area contributed by atoms with E-state index in [0.717, 1.165) is 0 Å². The van der Waals surface area contributed by atoms with Crippen molar-refractivity contribution in [2.24, 2.45) is 5.73 Å². The third kappa shape index (κ3) is 3.91. The molecular formula is C13H22FN3O2S. The van der Waals surface area contributed by atoms with Crippen LogP contribution in [0.25, 0.3) is 0 Å². The first kappa shape index (κ1) is 16.9. The Hall–Kier alpha value is -1.18. The van der Waals surface area contributed by atoms with E-state index in [4.69, 9.17) is 5.73 Å². The first-order valence-corrected chi connectivity index (χ1v) is 7.91. The molecule has 0 aromatic heterocycles. The first-order valence-electron chi connectivity index (χ1n) is 6.52. The zero-order valence-corrected chi connectivity index (χ0v) is 12.9. The quantitative estimate of drug-likeness (QED) is 0.831. The zero-order chi connectivity index (χ0) is 15.3. The summed E-state index contributed by atoms with van der Waals surface area (Å²) >= 11 is 0. The molecule has 0 heterocycles. The lowest BCUT2D eigenvalue weighted by Gasteiger charge is -2.31. The summed E-state index contributed by atoms with van der Waals surface area (Å²) < 4.78 is 41.0. The molecule has 0 radical (unpaired) electrons. The monoisotopic (exact) mass is 303 g/mol. The van der Waals surface area contributed by atoms with Crippen LogP contribution in [0.2, 0.25) is 0 Å². The van der Waals surface area contributed by atoms with Crippen LogP contribution in [0.5, 0.6) is 0 Å². The average molecular weight is 303 g/mol. The topological polar surface area (TPSA) is 66.6 Å². The fourth-order valence-electron chi connectivity index (χ4n) is 1.67. The summed E-state index contributed by atoms with van der Waals surface area (Å²) in [5.41, 5.74) is 5.77. The maximum atomic E-state index is 13.3. The molecule has 2 N–H and O–H groups in total. The lowest BCUT2D eigenvalue weighted by atomic mass is 10.3. The van der Waals surface area contributed by atoms with Crippen molar-refractivity contribution in [3.63, 3.8) is 0 Å². The summed E-state index contributed by atoms with van der Waals surface area (Å²) in [4.78, 5) is 0. The predicted octanol–water partition coefficient (Wildman–Crippen LogP) is 1.57. The van der Waals surface area contributed by atoms with Gasteiger partial charge in [0.2, 0.25) is 0 Å². The van der Waals surface area contributed by atoms with Crippen LogP contribution in [0, 0.1) is 5.82 Å². The molecule has 7 heteroatoms. The molecular weight excluding hydrogens is 281 g/mol. The van der Waals surface area contributed by atoms with E-state index in [2.05, 4.69) is 0 Å². The molecule has 0 amide bonds. The number of benzene rings is 1. The lowest BCUT2D eigenvalue weighted by molar-refractivity contribution is 0.408. The van der Waals surface area contributed by atoms with Crippen LogP contribution < -0.4 is 10.0 Å². The number of hydrogen-bond acceptors (Lipinski definition) is 3. The van der Waals surface area contributed by atoms with Gasteiger partial charge >= 0.3 is 10.2 Å². The van der Waals surface area contributed by atoms with Crippen molar-refractivity contribution < 1.29 is 12.8 Å². The molecule has 0 bridgehead atoms. The average Bonchev–Trinajstić information content (AvgIpc) is 2.38. The van der Waals surface area contributed by atoms with Gasteiger partial charge in [-0.3, -0.25) is 4.31 Å². The summed E-state index contributed by atoms with van der Waals surface area (Å²) in [7, 11) is -2.19. The molecule has 1 aromatic carbocycles. The predicted molar refractivity (Wildman–Crippen MR) is 79.2 cm³/mol. The van der Waals surface area contributed by atoms with Crippen molar-refractivity contribution >= 4 is 15.9 Å². The van der Waals surface area contributed by atoms with Crippen LogP contribution in [0.15, 0.2) is 24.3 Å². The summed E-state index contributed by atoms with van der Waals surface area (Å²) in [6.07, 6.45) is 0.502. The van der Waals surface area contributed by atoms with E-state index in [0.29, 0.717) is 18.7 Å². The largest absolute Gasteiger partial charge is 0.330 e. The maximum Gasteiger partial charge on any atom is 0.304 e. The fourth-order valence-corrected chi connectivity index (χ4v) is 3.25. The molecule has 1 rings (SSSR count). The van der Waals surface area contributed by atoms with Gasteiger partial charge in [0.15, 0.2) is 0 Å². The van der Waals surface area contributed by atoms with E-state index < -0.39 is 16.0 Å². The number of hydrogen-bond donors (Lipinski definition) is 1. The summed E-state index contributed by atoms with van der Waals surface area (Å²) in [6.45, 7) is 4.15. The minimum atomic E-state index is -3.70. The molecule has 0 spiro atoms. The van der Waals surface area contributed by atoms with Gasteiger partial charge in [-0.25, -0.2) is 4.39 Å². The molecule has 0 aliphatic rings. The number of nitrogens with zero attached hydrogens (tertiary/aromatic N) is 2. The highest BCUT2D eigenvalue weighted by Gasteiger charge is 2.28. The van der Waals surface area contributed by atoms with Crippen molar-refractivity contribution in [2.45, 2.75) is 26.3 Å². The number of halogens is 1. The van der Waals surface area contributed by atoms with Gasteiger partial charge in [0.05, 0.1) is 5.69 Å². The highest BCUT2D eigenvalue weighted by molar-refractivity contribution is 7.90. The molecule has 0 unspecified atom stereocenters. The van der Waals surface area contributed by atoms with E-state index in [1.54, 1.807) is 19.9 Å². The molecule has 5 nitrogen and oxygen atoms in total. The Bertz CT molecular complexity index is 534. The van der Waals surface area contributed by atoms with Crippen LogP contribution in [-0.4, -0.2) is 38.9 Å². The second-order valence-electron chi connectivity index (χ2n) is 4.81. The van der Waals surface area contributed by atoms with Crippen LogP contribution in [0.4, 0.5) is 10.1 Å². The number of anilines is 1. The van der Waals surface area contributed by atoms with Gasteiger partial charge < -0.3 is 5.73 Å². The minimum Gasteiger partial charge on any atom is -0.330 e. The smallest absolute Gasteiger partial charge is 0.304 e. The van der Waals surface area contributed by atoms with Gasteiger partial charge in [0.1, 0.15) is 5.82 Å². The molecule has 20 heavy (non-hydrogen) atoms. The maximum absolute atomic E-state index is 13.3. The van der Waals surface area contributed by atoms with Crippen molar-refractivity contribution in [3.8, 4) is 0 Å². The van der Waals surface area contributed by atoms with Crippen molar-refractivity contribution in [1.82, 2.24) is 4.31 Å². The molecule has 0 aliphatic heterocycles. The Balaban J connectivity index is 3.19. The van der Waals surface area contributed by atoms with Gasteiger partial charge in [-0.05, 0) is 45.0 Å². The van der Waals surface area contributed by atoms with Crippen LogP contribution in [-0.2, 0) is 10.2 Å². The fraction of sp³-hybridized carbons (Fsp3) is 0.538. The van der Waals surface area contributed by atoms with E-state index in [1.807, 2.05) is 0 Å². The van der Waals surface area contributed by atoms with Gasteiger partial charge in [-0.1, -0.05) is 6.07 Å². The van der Waals surface area contributed by atoms with Crippen LogP contribution in [0.1, 0.15) is 20.3 Å². The molecule has 114 valence electrons. The van der Waals surface area contributed by atoms with Crippen molar-refractivity contribution in [3.05, 3.63) is 30.1 Å². The Morgan fingerprint density at radius 3 is 2.50 bits per heavy atom.